The molecule has 0 saturated carbocycles. The molecule has 2 heterocycles. The molecule has 2 aliphatic rings. The van der Waals surface area contributed by atoms with Crippen LogP contribution in [-0.2, 0) is 0 Å². The van der Waals surface area contributed by atoms with Crippen molar-refractivity contribution in [1.82, 2.24) is 4.90 Å². The Kier molecular flexibility index (Phi) is 2.89. The molecule has 2 nitrogen and oxygen atoms in total. The van der Waals surface area contributed by atoms with E-state index in [9.17, 15) is 5.11 Å². The summed E-state index contributed by atoms with van der Waals surface area (Å²) in [5.74, 6) is 0. The molecule has 0 bridgehead atoms. The fourth-order valence-corrected chi connectivity index (χ4v) is 2.99. The fourth-order valence-electron chi connectivity index (χ4n) is 2.99. The lowest BCUT2D eigenvalue weighted by atomic mass is 9.88. The van der Waals surface area contributed by atoms with Crippen LogP contribution >= 0.6 is 0 Å². The van der Waals surface area contributed by atoms with Crippen molar-refractivity contribution in [2.24, 2.45) is 0 Å². The molecule has 2 saturated heterocycles. The second-order valence-corrected chi connectivity index (χ2v) is 4.64. The van der Waals surface area contributed by atoms with Crippen molar-refractivity contribution < 1.29 is 5.11 Å². The molecular weight excluding hydrogens is 162 g/mol. The molecule has 2 fully saturated rings. The highest BCUT2D eigenvalue weighted by Crippen LogP contribution is 2.35. The average Bonchev–Trinajstić information content (AvgIpc) is 2.49. The molecule has 0 aromatic rings. The maximum atomic E-state index is 9.53. The third-order valence-corrected chi connectivity index (χ3v) is 3.86. The van der Waals surface area contributed by atoms with Crippen molar-refractivity contribution in [3.63, 3.8) is 0 Å². The summed E-state index contributed by atoms with van der Waals surface area (Å²) in [6.07, 6.45) is 9.15. The number of rotatable bonds is 1. The van der Waals surface area contributed by atoms with Gasteiger partial charge in [-0.15, -0.1) is 0 Å². The highest BCUT2D eigenvalue weighted by Gasteiger charge is 2.39. The Morgan fingerprint density at radius 3 is 2.46 bits per heavy atom. The lowest BCUT2D eigenvalue weighted by molar-refractivity contribution is 0.0472. The van der Waals surface area contributed by atoms with Crippen LogP contribution in [0.2, 0.25) is 0 Å². The zero-order valence-electron chi connectivity index (χ0n) is 8.47. The van der Waals surface area contributed by atoms with E-state index in [1.165, 1.54) is 58.0 Å². The largest absolute Gasteiger partial charge is 0.394 e. The van der Waals surface area contributed by atoms with Gasteiger partial charge in [-0.25, -0.2) is 0 Å². The Hall–Kier alpha value is -0.0800. The second kappa shape index (κ2) is 3.97. The van der Waals surface area contributed by atoms with Gasteiger partial charge in [0.2, 0.25) is 0 Å². The minimum absolute atomic E-state index is 0.195. The highest BCUT2D eigenvalue weighted by molar-refractivity contribution is 4.95. The topological polar surface area (TPSA) is 23.5 Å². The van der Waals surface area contributed by atoms with Gasteiger partial charge in [0.25, 0.3) is 0 Å². The van der Waals surface area contributed by atoms with E-state index < -0.39 is 0 Å². The van der Waals surface area contributed by atoms with E-state index >= 15 is 0 Å². The van der Waals surface area contributed by atoms with Crippen LogP contribution in [0, 0.1) is 0 Å². The van der Waals surface area contributed by atoms with Gasteiger partial charge in [0, 0.05) is 5.54 Å². The second-order valence-electron chi connectivity index (χ2n) is 4.64. The molecule has 0 amide bonds. The van der Waals surface area contributed by atoms with Crippen molar-refractivity contribution >= 4 is 0 Å². The minimum Gasteiger partial charge on any atom is -0.394 e. The molecular formula is C11H21NO. The highest BCUT2D eigenvalue weighted by atomic mass is 16.3. The number of fused-ring (bicyclic) bond motifs is 1. The van der Waals surface area contributed by atoms with Gasteiger partial charge in [-0.2, -0.15) is 0 Å². The number of aliphatic hydroxyl groups excluding tert-OH is 1. The molecule has 0 unspecified atom stereocenters. The van der Waals surface area contributed by atoms with Crippen LogP contribution in [0.5, 0.6) is 0 Å². The van der Waals surface area contributed by atoms with Crippen LogP contribution < -0.4 is 0 Å². The fraction of sp³-hybridized carbons (Fsp3) is 1.00. The Morgan fingerprint density at radius 1 is 0.923 bits per heavy atom. The van der Waals surface area contributed by atoms with Crippen molar-refractivity contribution in [2.45, 2.75) is 50.5 Å². The van der Waals surface area contributed by atoms with Gasteiger partial charge in [-0.1, -0.05) is 19.3 Å². The first-order valence-electron chi connectivity index (χ1n) is 5.73. The first kappa shape index (κ1) is 9.47. The molecule has 2 heteroatoms. The summed E-state index contributed by atoms with van der Waals surface area (Å²) in [7, 11) is 0. The lowest BCUT2D eigenvalue weighted by Crippen LogP contribution is -2.47. The minimum atomic E-state index is 0.195. The van der Waals surface area contributed by atoms with E-state index in [2.05, 4.69) is 4.90 Å². The van der Waals surface area contributed by atoms with Crippen LogP contribution in [0.1, 0.15) is 44.9 Å². The molecule has 13 heavy (non-hydrogen) atoms. The predicted octanol–water partition coefficient (Wildman–Crippen LogP) is 1.78. The van der Waals surface area contributed by atoms with Crippen LogP contribution in [-0.4, -0.2) is 35.2 Å². The van der Waals surface area contributed by atoms with E-state index in [1.807, 2.05) is 0 Å². The zero-order valence-corrected chi connectivity index (χ0v) is 8.47. The Morgan fingerprint density at radius 2 is 1.62 bits per heavy atom. The van der Waals surface area contributed by atoms with E-state index in [1.54, 1.807) is 0 Å². The average molecular weight is 183 g/mol. The van der Waals surface area contributed by atoms with Crippen molar-refractivity contribution in [3.8, 4) is 0 Å². The van der Waals surface area contributed by atoms with Crippen molar-refractivity contribution in [3.05, 3.63) is 0 Å². The molecule has 1 atom stereocenters. The Balaban J connectivity index is 2.06. The summed E-state index contributed by atoms with van der Waals surface area (Å²) in [4.78, 5) is 2.55. The van der Waals surface area contributed by atoms with Crippen molar-refractivity contribution in [2.75, 3.05) is 19.7 Å². The summed E-state index contributed by atoms with van der Waals surface area (Å²) in [6, 6.07) is 0. The van der Waals surface area contributed by atoms with Gasteiger partial charge in [0.1, 0.15) is 0 Å². The summed E-state index contributed by atoms with van der Waals surface area (Å²) in [5, 5.41) is 9.53. The van der Waals surface area contributed by atoms with Gasteiger partial charge in [-0.05, 0) is 38.8 Å². The van der Waals surface area contributed by atoms with Gasteiger partial charge in [0.05, 0.1) is 6.61 Å². The maximum absolute atomic E-state index is 9.53. The number of nitrogens with zero attached hydrogens (tertiary/aromatic N) is 1. The van der Waals surface area contributed by atoms with E-state index in [-0.39, 0.29) is 5.54 Å². The lowest BCUT2D eigenvalue weighted by Gasteiger charge is -2.38. The molecule has 2 aliphatic heterocycles. The molecule has 76 valence electrons. The van der Waals surface area contributed by atoms with Crippen LogP contribution in [0.25, 0.3) is 0 Å². The third kappa shape index (κ3) is 1.75. The Labute approximate surface area is 80.9 Å². The molecule has 0 aromatic heterocycles. The standard InChI is InChI=1S/C11H21NO/c13-10-11-6-3-1-2-4-8-12(11)9-5-7-11/h13H,1-10H2/t11-/m1/s1. The van der Waals surface area contributed by atoms with Crippen LogP contribution in [0.4, 0.5) is 0 Å². The Bertz CT molecular complexity index is 171. The molecule has 0 aliphatic carbocycles. The zero-order chi connectivity index (χ0) is 9.15. The van der Waals surface area contributed by atoms with Gasteiger partial charge in [-0.3, -0.25) is 4.90 Å². The van der Waals surface area contributed by atoms with E-state index in [4.69, 9.17) is 0 Å². The summed E-state index contributed by atoms with van der Waals surface area (Å²) < 4.78 is 0. The molecule has 0 radical (unpaired) electrons. The molecule has 1 N–H and O–H groups in total. The normalized spacial score (nSPS) is 36.7. The predicted molar refractivity (Wildman–Crippen MR) is 53.7 cm³/mol. The van der Waals surface area contributed by atoms with Gasteiger partial charge >= 0.3 is 0 Å². The monoisotopic (exact) mass is 183 g/mol. The van der Waals surface area contributed by atoms with Crippen molar-refractivity contribution in [1.29, 1.82) is 0 Å². The first-order chi connectivity index (χ1) is 6.37. The first-order valence-corrected chi connectivity index (χ1v) is 5.73. The summed E-state index contributed by atoms with van der Waals surface area (Å²) >= 11 is 0. The van der Waals surface area contributed by atoms with E-state index in [0.717, 1.165) is 0 Å². The van der Waals surface area contributed by atoms with Gasteiger partial charge < -0.3 is 5.11 Å². The summed E-state index contributed by atoms with van der Waals surface area (Å²) in [6.45, 7) is 2.83. The number of aliphatic hydroxyl groups is 1. The maximum Gasteiger partial charge on any atom is 0.0615 e. The molecule has 0 spiro atoms. The molecule has 2 rings (SSSR count). The van der Waals surface area contributed by atoms with Crippen LogP contribution in [0.3, 0.4) is 0 Å². The third-order valence-electron chi connectivity index (χ3n) is 3.86. The quantitative estimate of drug-likeness (QED) is 0.670. The summed E-state index contributed by atoms with van der Waals surface area (Å²) in [5.41, 5.74) is 0.195. The number of hydrogen-bond acceptors (Lipinski definition) is 2. The number of hydrogen-bond donors (Lipinski definition) is 1. The SMILES string of the molecule is OC[C@]12CCCCCCN1CCC2. The molecule has 0 aromatic carbocycles. The smallest absolute Gasteiger partial charge is 0.0615 e. The van der Waals surface area contributed by atoms with Gasteiger partial charge in [0.15, 0.2) is 0 Å². The van der Waals surface area contributed by atoms with Crippen LogP contribution in [0.15, 0.2) is 0 Å². The van der Waals surface area contributed by atoms with E-state index in [0.29, 0.717) is 6.61 Å².